The molecule has 1 aliphatic carbocycles. The monoisotopic (exact) mass is 436 g/mol. The standard InChI is InChI=1S/C21H21BrN6/c1-13-19(22)28-17(4-7-25-28)20(26-13)27-8-5-21(6-9-27)11-15-3-2-14(12-23)10-16(15)18(21)24/h2-4,7,10,18H,5-6,8-9,11,24H2,1H3/t18-/m0/s1. The minimum absolute atomic E-state index is 0.00690. The number of benzene rings is 1. The molecule has 3 heterocycles. The quantitative estimate of drug-likeness (QED) is 0.630. The van der Waals surface area contributed by atoms with Crippen LogP contribution in [0.1, 0.15) is 41.3 Å². The van der Waals surface area contributed by atoms with Crippen molar-refractivity contribution in [3.63, 3.8) is 0 Å². The highest BCUT2D eigenvalue weighted by molar-refractivity contribution is 9.10. The van der Waals surface area contributed by atoms with E-state index in [1.807, 2.05) is 35.8 Å². The number of fused-ring (bicyclic) bond motifs is 2. The second-order valence-electron chi connectivity index (χ2n) is 7.97. The van der Waals surface area contributed by atoms with E-state index in [-0.39, 0.29) is 11.5 Å². The maximum atomic E-state index is 9.21. The Bertz CT molecular complexity index is 1120. The normalized spacial score (nSPS) is 20.5. The number of nitrogens with two attached hydrogens (primary N) is 1. The van der Waals surface area contributed by atoms with E-state index in [9.17, 15) is 5.26 Å². The fraction of sp³-hybridized carbons (Fsp3) is 0.381. The molecule has 2 aromatic heterocycles. The van der Waals surface area contributed by atoms with Crippen LogP contribution in [-0.2, 0) is 6.42 Å². The molecule has 7 heteroatoms. The molecule has 2 aliphatic rings. The zero-order valence-electron chi connectivity index (χ0n) is 15.7. The molecule has 5 rings (SSSR count). The van der Waals surface area contributed by atoms with Crippen molar-refractivity contribution in [2.75, 3.05) is 18.0 Å². The smallest absolute Gasteiger partial charge is 0.155 e. The van der Waals surface area contributed by atoms with Crippen LogP contribution in [0.2, 0.25) is 0 Å². The van der Waals surface area contributed by atoms with Crippen molar-refractivity contribution in [3.8, 4) is 6.07 Å². The summed E-state index contributed by atoms with van der Waals surface area (Å²) in [5.41, 5.74) is 11.9. The van der Waals surface area contributed by atoms with Crippen LogP contribution >= 0.6 is 15.9 Å². The van der Waals surface area contributed by atoms with E-state index in [1.165, 1.54) is 5.56 Å². The Morgan fingerprint density at radius 2 is 2.07 bits per heavy atom. The third-order valence-corrected chi connectivity index (χ3v) is 7.41. The lowest BCUT2D eigenvalue weighted by Gasteiger charge is -2.42. The molecular formula is C21H21BrN6. The fourth-order valence-electron chi connectivity index (χ4n) is 4.86. The van der Waals surface area contributed by atoms with Crippen LogP contribution in [0.25, 0.3) is 5.52 Å². The highest BCUT2D eigenvalue weighted by Gasteiger charge is 2.46. The second-order valence-corrected chi connectivity index (χ2v) is 8.72. The molecule has 6 nitrogen and oxygen atoms in total. The van der Waals surface area contributed by atoms with E-state index in [1.54, 1.807) is 0 Å². The first kappa shape index (κ1) is 17.7. The molecule has 2 N–H and O–H groups in total. The van der Waals surface area contributed by atoms with Gasteiger partial charge in [-0.1, -0.05) is 6.07 Å². The molecule has 28 heavy (non-hydrogen) atoms. The maximum Gasteiger partial charge on any atom is 0.155 e. The van der Waals surface area contributed by atoms with Gasteiger partial charge in [0.2, 0.25) is 0 Å². The molecule has 3 aromatic rings. The largest absolute Gasteiger partial charge is 0.355 e. The molecule has 1 saturated heterocycles. The highest BCUT2D eigenvalue weighted by atomic mass is 79.9. The van der Waals surface area contributed by atoms with Crippen LogP contribution in [0.4, 0.5) is 5.82 Å². The zero-order chi connectivity index (χ0) is 19.5. The van der Waals surface area contributed by atoms with E-state index in [4.69, 9.17) is 10.7 Å². The molecule has 0 unspecified atom stereocenters. The van der Waals surface area contributed by atoms with Crippen LogP contribution in [0.5, 0.6) is 0 Å². The first-order valence-electron chi connectivity index (χ1n) is 9.56. The molecule has 142 valence electrons. The van der Waals surface area contributed by atoms with Gasteiger partial charge < -0.3 is 10.6 Å². The van der Waals surface area contributed by atoms with Gasteiger partial charge in [0.05, 0.1) is 23.5 Å². The van der Waals surface area contributed by atoms with Crippen molar-refractivity contribution in [2.45, 2.75) is 32.2 Å². The number of anilines is 1. The Balaban J connectivity index is 1.43. The lowest BCUT2D eigenvalue weighted by Crippen LogP contribution is -2.44. The van der Waals surface area contributed by atoms with Gasteiger partial charge in [-0.3, -0.25) is 0 Å². The number of hydrogen-bond donors (Lipinski definition) is 1. The van der Waals surface area contributed by atoms with E-state index < -0.39 is 0 Å². The third-order valence-electron chi connectivity index (χ3n) is 6.50. The average molecular weight is 437 g/mol. The summed E-state index contributed by atoms with van der Waals surface area (Å²) in [5.74, 6) is 0.990. The number of aromatic nitrogens is 3. The summed E-state index contributed by atoms with van der Waals surface area (Å²) >= 11 is 3.58. The molecule has 0 saturated carbocycles. The van der Waals surface area contributed by atoms with Gasteiger partial charge in [-0.2, -0.15) is 10.4 Å². The van der Waals surface area contributed by atoms with Crippen molar-refractivity contribution in [1.82, 2.24) is 14.6 Å². The number of nitrogens with zero attached hydrogens (tertiary/aromatic N) is 5. The van der Waals surface area contributed by atoms with Gasteiger partial charge >= 0.3 is 0 Å². The molecule has 1 aromatic carbocycles. The number of nitriles is 1. The molecular weight excluding hydrogens is 416 g/mol. The van der Waals surface area contributed by atoms with E-state index in [2.05, 4.69) is 38.1 Å². The lowest BCUT2D eigenvalue weighted by atomic mass is 9.73. The topological polar surface area (TPSA) is 83.2 Å². The highest BCUT2D eigenvalue weighted by Crippen LogP contribution is 2.51. The summed E-state index contributed by atoms with van der Waals surface area (Å²) < 4.78 is 2.80. The Kier molecular flexibility index (Phi) is 3.97. The van der Waals surface area contributed by atoms with Crippen molar-refractivity contribution in [1.29, 1.82) is 5.26 Å². The van der Waals surface area contributed by atoms with Crippen LogP contribution in [0.15, 0.2) is 35.1 Å². The number of piperidine rings is 1. The summed E-state index contributed by atoms with van der Waals surface area (Å²) in [6, 6.07) is 10.2. The Morgan fingerprint density at radius 1 is 1.29 bits per heavy atom. The van der Waals surface area contributed by atoms with Gasteiger partial charge in [0.25, 0.3) is 0 Å². The molecule has 0 amide bonds. The second kappa shape index (κ2) is 6.29. The minimum atomic E-state index is -0.00690. The molecule has 1 atom stereocenters. The lowest BCUT2D eigenvalue weighted by molar-refractivity contribution is 0.187. The van der Waals surface area contributed by atoms with E-state index in [0.29, 0.717) is 5.56 Å². The number of aryl methyl sites for hydroxylation is 1. The van der Waals surface area contributed by atoms with Gasteiger partial charge in [0, 0.05) is 19.1 Å². The molecule has 1 fully saturated rings. The first-order valence-corrected chi connectivity index (χ1v) is 10.3. The number of halogens is 1. The Labute approximate surface area is 172 Å². The number of rotatable bonds is 1. The van der Waals surface area contributed by atoms with E-state index in [0.717, 1.165) is 59.5 Å². The molecule has 0 bridgehead atoms. The van der Waals surface area contributed by atoms with E-state index >= 15 is 0 Å². The molecule has 1 spiro atoms. The van der Waals surface area contributed by atoms with Crippen molar-refractivity contribution >= 4 is 27.3 Å². The predicted octanol–water partition coefficient (Wildman–Crippen LogP) is 3.51. The van der Waals surface area contributed by atoms with Crippen molar-refractivity contribution in [2.24, 2.45) is 11.1 Å². The van der Waals surface area contributed by atoms with Gasteiger partial charge in [-0.05, 0) is 76.9 Å². The Morgan fingerprint density at radius 3 is 2.82 bits per heavy atom. The zero-order valence-corrected chi connectivity index (χ0v) is 17.3. The van der Waals surface area contributed by atoms with Crippen LogP contribution in [0, 0.1) is 23.7 Å². The average Bonchev–Trinajstić information content (AvgIpc) is 3.30. The van der Waals surface area contributed by atoms with Crippen LogP contribution in [-0.4, -0.2) is 27.7 Å². The minimum Gasteiger partial charge on any atom is -0.355 e. The summed E-state index contributed by atoms with van der Waals surface area (Å²) in [4.78, 5) is 7.20. The van der Waals surface area contributed by atoms with Gasteiger partial charge in [-0.25, -0.2) is 9.50 Å². The third kappa shape index (κ3) is 2.48. The van der Waals surface area contributed by atoms with Crippen molar-refractivity contribution < 1.29 is 0 Å². The maximum absolute atomic E-state index is 9.21. The van der Waals surface area contributed by atoms with Gasteiger partial charge in [0.15, 0.2) is 5.82 Å². The summed E-state index contributed by atoms with van der Waals surface area (Å²) in [7, 11) is 0. The number of hydrogen-bond acceptors (Lipinski definition) is 5. The Hall–Kier alpha value is -2.43. The van der Waals surface area contributed by atoms with Gasteiger partial charge in [-0.15, -0.1) is 0 Å². The van der Waals surface area contributed by atoms with Crippen LogP contribution in [0.3, 0.4) is 0 Å². The molecule has 0 radical (unpaired) electrons. The van der Waals surface area contributed by atoms with Crippen LogP contribution < -0.4 is 10.6 Å². The van der Waals surface area contributed by atoms with Gasteiger partial charge in [0.1, 0.15) is 10.1 Å². The summed E-state index contributed by atoms with van der Waals surface area (Å²) in [6.45, 7) is 3.83. The predicted molar refractivity (Wildman–Crippen MR) is 111 cm³/mol. The van der Waals surface area contributed by atoms with Crippen molar-refractivity contribution in [3.05, 3.63) is 57.4 Å². The molecule has 1 aliphatic heterocycles. The first-order chi connectivity index (χ1) is 13.5. The summed E-state index contributed by atoms with van der Waals surface area (Å²) in [5, 5.41) is 13.6. The fourth-order valence-corrected chi connectivity index (χ4v) is 5.23. The summed E-state index contributed by atoms with van der Waals surface area (Å²) in [6.07, 6.45) is 4.84. The SMILES string of the molecule is Cc1nc(N2CCC3(CC2)Cc2ccc(C#N)cc2[C@@H]3N)c2ccnn2c1Br.